The molecule has 0 aliphatic rings. The minimum Gasteiger partial charge on any atom is -0.462 e. The third kappa shape index (κ3) is 5.27. The Balaban J connectivity index is 2.10. The molecule has 1 amide bonds. The van der Waals surface area contributed by atoms with Gasteiger partial charge in [-0.15, -0.1) is 0 Å². The summed E-state index contributed by atoms with van der Waals surface area (Å²) in [6.07, 6.45) is 0.942. The second-order valence-corrected chi connectivity index (χ2v) is 5.89. The molecule has 2 N–H and O–H groups in total. The van der Waals surface area contributed by atoms with Gasteiger partial charge >= 0.3 is 5.97 Å². The number of amides is 1. The zero-order valence-corrected chi connectivity index (χ0v) is 15.5. The Morgan fingerprint density at radius 2 is 1.85 bits per heavy atom. The molecule has 2 rings (SSSR count). The Kier molecular flexibility index (Phi) is 6.66. The minimum atomic E-state index is -0.391. The molecule has 7 heteroatoms. The van der Waals surface area contributed by atoms with E-state index >= 15 is 0 Å². The standard InChI is InChI=1S/C19H24N4O3/c1-5-12(3)20-17-11-16(21-13(4)22-17)18(24)23-15-9-7-14(8-10-15)19(25)26-6-2/h7-12H,5-6H2,1-4H3,(H,23,24)(H,20,21,22). The molecule has 0 saturated heterocycles. The Labute approximate surface area is 153 Å². The van der Waals surface area contributed by atoms with Gasteiger partial charge < -0.3 is 15.4 Å². The molecular formula is C19H24N4O3. The van der Waals surface area contributed by atoms with Gasteiger partial charge in [0.1, 0.15) is 17.3 Å². The first-order chi connectivity index (χ1) is 12.4. The Hall–Kier alpha value is -2.96. The van der Waals surface area contributed by atoms with Gasteiger partial charge in [-0.3, -0.25) is 4.79 Å². The molecule has 0 aliphatic carbocycles. The second-order valence-electron chi connectivity index (χ2n) is 5.89. The Morgan fingerprint density at radius 1 is 1.15 bits per heavy atom. The highest BCUT2D eigenvalue weighted by Crippen LogP contribution is 2.14. The summed E-state index contributed by atoms with van der Waals surface area (Å²) in [5.41, 5.74) is 1.27. The van der Waals surface area contributed by atoms with Crippen molar-refractivity contribution in [3.63, 3.8) is 0 Å². The highest BCUT2D eigenvalue weighted by Gasteiger charge is 2.13. The van der Waals surface area contributed by atoms with E-state index in [1.807, 2.05) is 6.92 Å². The van der Waals surface area contributed by atoms with Crippen LogP contribution < -0.4 is 10.6 Å². The maximum atomic E-state index is 12.5. The lowest BCUT2D eigenvalue weighted by Gasteiger charge is -2.13. The summed E-state index contributed by atoms with van der Waals surface area (Å²) in [6.45, 7) is 7.92. The molecule has 0 bridgehead atoms. The third-order valence-electron chi connectivity index (χ3n) is 3.73. The zero-order valence-electron chi connectivity index (χ0n) is 15.5. The van der Waals surface area contributed by atoms with E-state index in [0.29, 0.717) is 29.5 Å². The molecule has 0 saturated carbocycles. The van der Waals surface area contributed by atoms with E-state index in [1.165, 1.54) is 0 Å². The smallest absolute Gasteiger partial charge is 0.338 e. The number of aryl methyl sites for hydroxylation is 1. The van der Waals surface area contributed by atoms with Crippen LogP contribution in [0.2, 0.25) is 0 Å². The molecule has 0 spiro atoms. The van der Waals surface area contributed by atoms with E-state index in [-0.39, 0.29) is 17.6 Å². The average Bonchev–Trinajstić information content (AvgIpc) is 2.61. The molecule has 1 unspecified atom stereocenters. The van der Waals surface area contributed by atoms with Crippen LogP contribution in [0.3, 0.4) is 0 Å². The van der Waals surface area contributed by atoms with Gasteiger partial charge in [0.15, 0.2) is 0 Å². The molecule has 1 aromatic carbocycles. The van der Waals surface area contributed by atoms with Crippen LogP contribution in [0.25, 0.3) is 0 Å². The maximum absolute atomic E-state index is 12.5. The van der Waals surface area contributed by atoms with E-state index in [0.717, 1.165) is 6.42 Å². The minimum absolute atomic E-state index is 0.246. The molecule has 0 fully saturated rings. The quantitative estimate of drug-likeness (QED) is 0.738. The number of ether oxygens (including phenoxy) is 1. The van der Waals surface area contributed by atoms with Crippen LogP contribution in [-0.4, -0.2) is 34.5 Å². The van der Waals surface area contributed by atoms with Crippen LogP contribution in [-0.2, 0) is 4.74 Å². The topological polar surface area (TPSA) is 93.2 Å². The van der Waals surface area contributed by atoms with Gasteiger partial charge in [0, 0.05) is 17.8 Å². The van der Waals surface area contributed by atoms with Crippen LogP contribution in [0.4, 0.5) is 11.5 Å². The van der Waals surface area contributed by atoms with E-state index in [2.05, 4.69) is 27.5 Å². The van der Waals surface area contributed by atoms with Gasteiger partial charge in [0.25, 0.3) is 5.91 Å². The van der Waals surface area contributed by atoms with E-state index < -0.39 is 5.97 Å². The van der Waals surface area contributed by atoms with Crippen LogP contribution in [0.1, 0.15) is 53.9 Å². The molecule has 1 atom stereocenters. The highest BCUT2D eigenvalue weighted by atomic mass is 16.5. The van der Waals surface area contributed by atoms with Crippen molar-refractivity contribution in [3.8, 4) is 0 Å². The lowest BCUT2D eigenvalue weighted by atomic mass is 10.2. The molecular weight excluding hydrogens is 332 g/mol. The number of hydrogen-bond acceptors (Lipinski definition) is 6. The summed E-state index contributed by atoms with van der Waals surface area (Å²) in [7, 11) is 0. The summed E-state index contributed by atoms with van der Waals surface area (Å²) in [4.78, 5) is 32.6. The number of benzene rings is 1. The van der Waals surface area contributed by atoms with Crippen molar-refractivity contribution in [1.29, 1.82) is 0 Å². The van der Waals surface area contributed by atoms with Gasteiger partial charge in [0.2, 0.25) is 0 Å². The lowest BCUT2D eigenvalue weighted by molar-refractivity contribution is 0.0526. The van der Waals surface area contributed by atoms with Gasteiger partial charge in [-0.1, -0.05) is 6.92 Å². The predicted octanol–water partition coefficient (Wildman–Crippen LogP) is 3.42. The van der Waals surface area contributed by atoms with Crippen molar-refractivity contribution in [2.45, 2.75) is 40.2 Å². The van der Waals surface area contributed by atoms with Crippen molar-refractivity contribution in [3.05, 3.63) is 47.4 Å². The molecule has 1 aromatic heterocycles. The second kappa shape index (κ2) is 8.94. The third-order valence-corrected chi connectivity index (χ3v) is 3.73. The van der Waals surface area contributed by atoms with Crippen molar-refractivity contribution in [1.82, 2.24) is 9.97 Å². The van der Waals surface area contributed by atoms with Gasteiger partial charge in [-0.25, -0.2) is 14.8 Å². The summed E-state index contributed by atoms with van der Waals surface area (Å²) < 4.78 is 4.94. The first kappa shape index (κ1) is 19.4. The van der Waals surface area contributed by atoms with Gasteiger partial charge in [0.05, 0.1) is 12.2 Å². The van der Waals surface area contributed by atoms with Crippen LogP contribution in [0.5, 0.6) is 0 Å². The fourth-order valence-electron chi connectivity index (χ4n) is 2.21. The maximum Gasteiger partial charge on any atom is 0.338 e. The van der Waals surface area contributed by atoms with Crippen molar-refractivity contribution >= 4 is 23.4 Å². The molecule has 0 aliphatic heterocycles. The number of nitrogens with one attached hydrogen (secondary N) is 2. The molecule has 0 radical (unpaired) electrons. The zero-order chi connectivity index (χ0) is 19.1. The largest absolute Gasteiger partial charge is 0.462 e. The van der Waals surface area contributed by atoms with Crippen LogP contribution in [0.15, 0.2) is 30.3 Å². The van der Waals surface area contributed by atoms with Crippen molar-refractivity contribution in [2.24, 2.45) is 0 Å². The van der Waals surface area contributed by atoms with Crippen molar-refractivity contribution < 1.29 is 14.3 Å². The lowest BCUT2D eigenvalue weighted by Crippen LogP contribution is -2.18. The SMILES string of the molecule is CCOC(=O)c1ccc(NC(=O)c2cc(NC(C)CC)nc(C)n2)cc1. The number of carbonyl (C=O) groups excluding carboxylic acids is 2. The van der Waals surface area contributed by atoms with Crippen molar-refractivity contribution in [2.75, 3.05) is 17.2 Å². The fraction of sp³-hybridized carbons (Fsp3) is 0.368. The fourth-order valence-corrected chi connectivity index (χ4v) is 2.21. The van der Waals surface area contributed by atoms with Gasteiger partial charge in [-0.2, -0.15) is 0 Å². The monoisotopic (exact) mass is 356 g/mol. The van der Waals surface area contributed by atoms with Gasteiger partial charge in [-0.05, 0) is 51.5 Å². The number of hydrogen-bond donors (Lipinski definition) is 2. The Bertz CT molecular complexity index is 775. The normalized spacial score (nSPS) is 11.5. The highest BCUT2D eigenvalue weighted by molar-refractivity contribution is 6.03. The molecule has 138 valence electrons. The average molecular weight is 356 g/mol. The predicted molar refractivity (Wildman–Crippen MR) is 100 cm³/mol. The molecule has 7 nitrogen and oxygen atoms in total. The molecule has 26 heavy (non-hydrogen) atoms. The first-order valence-electron chi connectivity index (χ1n) is 8.63. The summed E-state index contributed by atoms with van der Waals surface area (Å²) in [5.74, 6) is 0.403. The summed E-state index contributed by atoms with van der Waals surface area (Å²) in [5, 5.41) is 6.01. The number of aromatic nitrogens is 2. The van der Waals surface area contributed by atoms with Crippen LogP contribution >= 0.6 is 0 Å². The number of esters is 1. The molecule has 1 heterocycles. The van der Waals surface area contributed by atoms with E-state index in [4.69, 9.17) is 4.74 Å². The van der Waals surface area contributed by atoms with E-state index in [1.54, 1.807) is 44.2 Å². The Morgan fingerprint density at radius 3 is 2.46 bits per heavy atom. The molecule has 2 aromatic rings. The number of anilines is 2. The van der Waals surface area contributed by atoms with E-state index in [9.17, 15) is 9.59 Å². The number of nitrogens with zero attached hydrogens (tertiary/aromatic N) is 2. The number of carbonyl (C=O) groups is 2. The summed E-state index contributed by atoms with van der Waals surface area (Å²) in [6, 6.07) is 8.38. The van der Waals surface area contributed by atoms with Crippen LogP contribution in [0, 0.1) is 6.92 Å². The first-order valence-corrected chi connectivity index (χ1v) is 8.63. The summed E-state index contributed by atoms with van der Waals surface area (Å²) >= 11 is 0. The number of rotatable bonds is 7.